The molecule has 28 heavy (non-hydrogen) atoms. The van der Waals surface area contributed by atoms with Gasteiger partial charge in [0.05, 0.1) is 5.69 Å². The molecule has 0 saturated carbocycles. The number of nitrogens with zero attached hydrogens (tertiary/aromatic N) is 3. The number of anilines is 1. The van der Waals surface area contributed by atoms with Crippen molar-refractivity contribution in [1.29, 1.82) is 0 Å². The Bertz CT molecular complexity index is 1040. The van der Waals surface area contributed by atoms with Crippen molar-refractivity contribution in [3.05, 3.63) is 47.4 Å². The Kier molecular flexibility index (Phi) is 5.54. The second-order valence-corrected chi connectivity index (χ2v) is 10.3. The molecule has 4 rings (SSSR count). The average molecular weight is 435 g/mol. The third kappa shape index (κ3) is 4.00. The number of hydrogen-bond donors (Lipinski definition) is 1. The fraction of sp³-hybridized carbons (Fsp3) is 0.278. The quantitative estimate of drug-likeness (QED) is 0.665. The van der Waals surface area contributed by atoms with Crippen LogP contribution in [0, 0.1) is 5.92 Å². The molecule has 1 saturated heterocycles. The number of thiophene rings is 1. The van der Waals surface area contributed by atoms with E-state index in [1.807, 2.05) is 17.5 Å². The summed E-state index contributed by atoms with van der Waals surface area (Å²) in [6, 6.07) is 7.09. The van der Waals surface area contributed by atoms with E-state index in [1.165, 1.54) is 27.0 Å². The number of thiazole rings is 1. The lowest BCUT2D eigenvalue weighted by Crippen LogP contribution is -2.41. The lowest BCUT2D eigenvalue weighted by atomic mass is 9.97. The molecule has 1 amide bonds. The van der Waals surface area contributed by atoms with Gasteiger partial charge in [0.25, 0.3) is 10.0 Å². The second-order valence-electron chi connectivity index (χ2n) is 6.38. The first-order valence-electron chi connectivity index (χ1n) is 8.74. The van der Waals surface area contributed by atoms with E-state index in [0.29, 0.717) is 35.3 Å². The lowest BCUT2D eigenvalue weighted by molar-refractivity contribution is -0.120. The fourth-order valence-corrected chi connectivity index (χ4v) is 6.42. The van der Waals surface area contributed by atoms with Gasteiger partial charge in [-0.05, 0) is 36.4 Å². The molecule has 3 aromatic rings. The van der Waals surface area contributed by atoms with Crippen LogP contribution in [-0.4, -0.2) is 41.7 Å². The van der Waals surface area contributed by atoms with Gasteiger partial charge in [-0.1, -0.05) is 6.07 Å². The van der Waals surface area contributed by atoms with Crippen molar-refractivity contribution in [3.8, 4) is 11.3 Å². The second kappa shape index (κ2) is 8.08. The molecule has 7 nitrogen and oxygen atoms in total. The highest BCUT2D eigenvalue weighted by Crippen LogP contribution is 2.28. The largest absolute Gasteiger partial charge is 0.302 e. The van der Waals surface area contributed by atoms with E-state index in [-0.39, 0.29) is 11.8 Å². The summed E-state index contributed by atoms with van der Waals surface area (Å²) in [6.45, 7) is 0.689. The number of carbonyl (C=O) groups excluding carboxylic acids is 1. The first-order valence-corrected chi connectivity index (χ1v) is 11.9. The molecule has 1 N–H and O–H groups in total. The minimum absolute atomic E-state index is 0.111. The number of nitrogens with one attached hydrogen (secondary N) is 1. The van der Waals surface area contributed by atoms with Crippen LogP contribution in [0.5, 0.6) is 0 Å². The van der Waals surface area contributed by atoms with E-state index in [1.54, 1.807) is 29.9 Å². The highest BCUT2D eigenvalue weighted by molar-refractivity contribution is 7.91. The molecule has 146 valence electrons. The van der Waals surface area contributed by atoms with Gasteiger partial charge in [-0.3, -0.25) is 9.78 Å². The molecule has 1 aliphatic rings. The SMILES string of the molecule is O=C(Nc1nc(-c2cccnc2)cs1)C1CCN(S(=O)(=O)c2cccs2)CC1. The average Bonchev–Trinajstić information content (AvgIpc) is 3.41. The molecule has 0 radical (unpaired) electrons. The number of rotatable bonds is 5. The Morgan fingerprint density at radius 1 is 1.18 bits per heavy atom. The van der Waals surface area contributed by atoms with Gasteiger partial charge in [-0.15, -0.1) is 22.7 Å². The summed E-state index contributed by atoms with van der Waals surface area (Å²) in [7, 11) is -3.45. The van der Waals surface area contributed by atoms with Crippen LogP contribution >= 0.6 is 22.7 Å². The summed E-state index contributed by atoms with van der Waals surface area (Å²) >= 11 is 2.58. The third-order valence-corrected chi connectivity index (χ3v) is 8.63. The molecule has 3 aromatic heterocycles. The Morgan fingerprint density at radius 3 is 2.68 bits per heavy atom. The Labute approximate surface area is 171 Å². The maximum absolute atomic E-state index is 12.6. The van der Waals surface area contributed by atoms with Crippen molar-refractivity contribution >= 4 is 43.7 Å². The molecule has 1 fully saturated rings. The number of hydrogen-bond acceptors (Lipinski definition) is 7. The molecule has 0 aliphatic carbocycles. The molecular formula is C18H18N4O3S3. The van der Waals surface area contributed by atoms with E-state index >= 15 is 0 Å². The smallest absolute Gasteiger partial charge is 0.252 e. The molecular weight excluding hydrogens is 416 g/mol. The Morgan fingerprint density at radius 2 is 2.00 bits per heavy atom. The van der Waals surface area contributed by atoms with Crippen LogP contribution in [0.4, 0.5) is 5.13 Å². The molecule has 0 bridgehead atoms. The first kappa shape index (κ1) is 19.2. The zero-order valence-corrected chi connectivity index (χ0v) is 17.3. The molecule has 0 atom stereocenters. The van der Waals surface area contributed by atoms with Crippen LogP contribution in [0.3, 0.4) is 0 Å². The normalized spacial score (nSPS) is 16.1. The number of carbonyl (C=O) groups is 1. The highest BCUT2D eigenvalue weighted by Gasteiger charge is 2.32. The van der Waals surface area contributed by atoms with E-state index in [9.17, 15) is 13.2 Å². The van der Waals surface area contributed by atoms with Crippen LogP contribution in [0.1, 0.15) is 12.8 Å². The van der Waals surface area contributed by atoms with E-state index in [4.69, 9.17) is 0 Å². The summed E-state index contributed by atoms with van der Waals surface area (Å²) < 4.78 is 27.0. The monoisotopic (exact) mass is 434 g/mol. The Hall–Kier alpha value is -2.14. The fourth-order valence-electron chi connectivity index (χ4n) is 3.08. The number of aromatic nitrogens is 2. The summed E-state index contributed by atoms with van der Waals surface area (Å²) in [5.41, 5.74) is 1.66. The van der Waals surface area contributed by atoms with Crippen molar-refractivity contribution in [2.45, 2.75) is 17.1 Å². The first-order chi connectivity index (χ1) is 13.5. The number of piperidine rings is 1. The zero-order valence-electron chi connectivity index (χ0n) is 14.8. The number of amides is 1. The van der Waals surface area contributed by atoms with Gasteiger partial charge in [0.15, 0.2) is 5.13 Å². The third-order valence-electron chi connectivity index (χ3n) is 4.61. The minimum atomic E-state index is -3.45. The predicted octanol–water partition coefficient (Wildman–Crippen LogP) is 3.31. The van der Waals surface area contributed by atoms with Gasteiger partial charge in [-0.2, -0.15) is 4.31 Å². The van der Waals surface area contributed by atoms with Crippen LogP contribution in [0.2, 0.25) is 0 Å². The van der Waals surface area contributed by atoms with Crippen LogP contribution in [-0.2, 0) is 14.8 Å². The molecule has 0 spiro atoms. The van der Waals surface area contributed by atoms with Crippen molar-refractivity contribution in [2.24, 2.45) is 5.92 Å². The predicted molar refractivity (Wildman–Crippen MR) is 110 cm³/mol. The van der Waals surface area contributed by atoms with Gasteiger partial charge in [0.2, 0.25) is 5.91 Å². The van der Waals surface area contributed by atoms with Gasteiger partial charge in [0, 0.05) is 42.3 Å². The van der Waals surface area contributed by atoms with Crippen LogP contribution < -0.4 is 5.32 Å². The molecule has 10 heteroatoms. The van der Waals surface area contributed by atoms with E-state index < -0.39 is 10.0 Å². The Balaban J connectivity index is 1.35. The topological polar surface area (TPSA) is 92.3 Å². The van der Waals surface area contributed by atoms with E-state index in [0.717, 1.165) is 11.3 Å². The van der Waals surface area contributed by atoms with Gasteiger partial charge >= 0.3 is 0 Å². The standard InChI is InChI=1S/C18H18N4O3S3/c23-17(21-18-20-15(12-27-18)14-3-1-7-19-11-14)13-5-8-22(9-6-13)28(24,25)16-4-2-10-26-16/h1-4,7,10-13H,5-6,8-9H2,(H,20,21,23). The zero-order chi connectivity index (χ0) is 19.6. The van der Waals surface area contributed by atoms with Crippen LogP contribution in [0.15, 0.2) is 51.6 Å². The summed E-state index contributed by atoms with van der Waals surface area (Å²) in [5.74, 6) is -0.333. The summed E-state index contributed by atoms with van der Waals surface area (Å²) in [4.78, 5) is 21.1. The number of sulfonamides is 1. The van der Waals surface area contributed by atoms with Gasteiger partial charge in [0.1, 0.15) is 4.21 Å². The highest BCUT2D eigenvalue weighted by atomic mass is 32.2. The summed E-state index contributed by atoms with van der Waals surface area (Å²) in [5, 5.41) is 7.03. The number of pyridine rings is 1. The molecule has 4 heterocycles. The molecule has 1 aliphatic heterocycles. The summed E-state index contributed by atoms with van der Waals surface area (Å²) in [6.07, 6.45) is 4.42. The molecule has 0 unspecified atom stereocenters. The minimum Gasteiger partial charge on any atom is -0.302 e. The van der Waals surface area contributed by atoms with Gasteiger partial charge < -0.3 is 5.32 Å². The maximum Gasteiger partial charge on any atom is 0.252 e. The maximum atomic E-state index is 12.6. The lowest BCUT2D eigenvalue weighted by Gasteiger charge is -2.29. The van der Waals surface area contributed by atoms with Crippen molar-refractivity contribution in [2.75, 3.05) is 18.4 Å². The van der Waals surface area contributed by atoms with Crippen molar-refractivity contribution < 1.29 is 13.2 Å². The van der Waals surface area contributed by atoms with Crippen LogP contribution in [0.25, 0.3) is 11.3 Å². The molecule has 0 aromatic carbocycles. The van der Waals surface area contributed by atoms with Gasteiger partial charge in [-0.25, -0.2) is 13.4 Å². The van der Waals surface area contributed by atoms with E-state index in [2.05, 4.69) is 15.3 Å². The van der Waals surface area contributed by atoms with Crippen molar-refractivity contribution in [3.63, 3.8) is 0 Å². The van der Waals surface area contributed by atoms with Crippen molar-refractivity contribution in [1.82, 2.24) is 14.3 Å².